The molecule has 142 valence electrons. The Kier molecular flexibility index (Phi) is 4.11. The molecule has 0 aromatic heterocycles. The summed E-state index contributed by atoms with van der Waals surface area (Å²) in [7, 11) is 0. The van der Waals surface area contributed by atoms with E-state index in [1.54, 1.807) is 13.8 Å². The van der Waals surface area contributed by atoms with Crippen LogP contribution in [0.25, 0.3) is 0 Å². The van der Waals surface area contributed by atoms with Crippen LogP contribution in [0.5, 0.6) is 11.5 Å². The van der Waals surface area contributed by atoms with E-state index in [1.165, 1.54) is 6.07 Å². The number of rotatable bonds is 2. The Morgan fingerprint density at radius 3 is 2.35 bits per heavy atom. The maximum absolute atomic E-state index is 13.1. The SMILES string of the molecule is CC(C)c1cc2c(c(O)c1O)C1(C(=O)O)CCCC(C)(C)C1C(=O)C2O. The number of aliphatic hydroxyl groups excluding tert-OH is 1. The molecule has 0 bridgehead atoms. The Bertz CT molecular complexity index is 794. The highest BCUT2D eigenvalue weighted by Gasteiger charge is 2.64. The van der Waals surface area contributed by atoms with Gasteiger partial charge in [-0.15, -0.1) is 0 Å². The van der Waals surface area contributed by atoms with Crippen molar-refractivity contribution in [2.75, 3.05) is 0 Å². The number of carboxylic acids is 1. The van der Waals surface area contributed by atoms with Crippen LogP contribution in [0.1, 0.15) is 75.7 Å². The van der Waals surface area contributed by atoms with Crippen LogP contribution in [-0.2, 0) is 15.0 Å². The summed E-state index contributed by atoms with van der Waals surface area (Å²) in [5.74, 6) is -3.77. The van der Waals surface area contributed by atoms with Gasteiger partial charge >= 0.3 is 5.97 Å². The summed E-state index contributed by atoms with van der Waals surface area (Å²) in [6, 6.07) is 1.47. The van der Waals surface area contributed by atoms with E-state index in [2.05, 4.69) is 0 Å². The maximum Gasteiger partial charge on any atom is 0.315 e. The largest absolute Gasteiger partial charge is 0.504 e. The highest BCUT2D eigenvalue weighted by molar-refractivity contribution is 6.00. The van der Waals surface area contributed by atoms with Crippen LogP contribution in [0.4, 0.5) is 0 Å². The number of aromatic hydroxyl groups is 2. The molecule has 0 amide bonds. The molecule has 1 fully saturated rings. The lowest BCUT2D eigenvalue weighted by Gasteiger charge is -2.53. The van der Waals surface area contributed by atoms with E-state index in [-0.39, 0.29) is 29.2 Å². The van der Waals surface area contributed by atoms with E-state index >= 15 is 0 Å². The number of phenols is 2. The number of carbonyl (C=O) groups is 2. The second kappa shape index (κ2) is 5.71. The molecule has 1 aromatic rings. The van der Waals surface area contributed by atoms with Crippen molar-refractivity contribution >= 4 is 11.8 Å². The molecule has 0 aliphatic heterocycles. The number of aliphatic hydroxyl groups is 1. The molecule has 0 heterocycles. The van der Waals surface area contributed by atoms with Gasteiger partial charge < -0.3 is 20.4 Å². The third-order valence-corrected chi connectivity index (χ3v) is 6.30. The first-order valence-corrected chi connectivity index (χ1v) is 9.01. The van der Waals surface area contributed by atoms with Crippen LogP contribution in [0, 0.1) is 11.3 Å². The van der Waals surface area contributed by atoms with Crippen LogP contribution in [0.2, 0.25) is 0 Å². The predicted molar refractivity (Wildman–Crippen MR) is 94.3 cm³/mol. The second-order valence-electron chi connectivity index (χ2n) is 8.64. The molecule has 26 heavy (non-hydrogen) atoms. The van der Waals surface area contributed by atoms with Crippen molar-refractivity contribution in [3.63, 3.8) is 0 Å². The molecule has 1 aromatic carbocycles. The summed E-state index contributed by atoms with van der Waals surface area (Å²) in [5.41, 5.74) is -1.82. The number of ketones is 1. The van der Waals surface area contributed by atoms with Crippen molar-refractivity contribution in [3.05, 3.63) is 22.8 Å². The lowest BCUT2D eigenvalue weighted by molar-refractivity contribution is -0.162. The Hall–Kier alpha value is -2.08. The van der Waals surface area contributed by atoms with Crippen molar-refractivity contribution in [2.24, 2.45) is 11.3 Å². The van der Waals surface area contributed by atoms with Gasteiger partial charge in [0.15, 0.2) is 17.3 Å². The van der Waals surface area contributed by atoms with E-state index in [4.69, 9.17) is 0 Å². The van der Waals surface area contributed by atoms with Gasteiger partial charge in [-0.1, -0.05) is 34.1 Å². The molecular formula is C20H26O6. The summed E-state index contributed by atoms with van der Waals surface area (Å²) in [4.78, 5) is 25.5. The summed E-state index contributed by atoms with van der Waals surface area (Å²) >= 11 is 0. The summed E-state index contributed by atoms with van der Waals surface area (Å²) in [6.45, 7) is 7.25. The van der Waals surface area contributed by atoms with Crippen molar-refractivity contribution in [1.82, 2.24) is 0 Å². The third-order valence-electron chi connectivity index (χ3n) is 6.30. The van der Waals surface area contributed by atoms with Crippen LogP contribution in [-0.4, -0.2) is 32.2 Å². The minimum Gasteiger partial charge on any atom is -0.504 e. The maximum atomic E-state index is 13.1. The zero-order chi connectivity index (χ0) is 19.6. The van der Waals surface area contributed by atoms with Crippen LogP contribution in [0.3, 0.4) is 0 Å². The molecule has 0 radical (unpaired) electrons. The van der Waals surface area contributed by atoms with Gasteiger partial charge in [-0.25, -0.2) is 0 Å². The molecule has 6 nitrogen and oxygen atoms in total. The lowest BCUT2D eigenvalue weighted by atomic mass is 9.48. The van der Waals surface area contributed by atoms with E-state index in [9.17, 15) is 30.0 Å². The highest BCUT2D eigenvalue weighted by atomic mass is 16.4. The molecule has 0 spiro atoms. The van der Waals surface area contributed by atoms with Gasteiger partial charge in [0.1, 0.15) is 11.5 Å². The fraction of sp³-hybridized carbons (Fsp3) is 0.600. The molecule has 6 heteroatoms. The number of carboxylic acid groups (broad SMARTS) is 1. The Morgan fingerprint density at radius 1 is 1.19 bits per heavy atom. The first kappa shape index (κ1) is 18.7. The van der Waals surface area contributed by atoms with Crippen molar-refractivity contribution < 1.29 is 30.0 Å². The normalized spacial score (nSPS) is 30.0. The molecule has 3 unspecified atom stereocenters. The van der Waals surface area contributed by atoms with Gasteiger partial charge in [-0.05, 0) is 35.8 Å². The number of fused-ring (bicyclic) bond motifs is 3. The molecule has 3 rings (SSSR count). The molecule has 2 aliphatic carbocycles. The minimum absolute atomic E-state index is 0.00299. The monoisotopic (exact) mass is 362 g/mol. The van der Waals surface area contributed by atoms with Gasteiger partial charge in [0.2, 0.25) is 0 Å². The van der Waals surface area contributed by atoms with Crippen LogP contribution >= 0.6 is 0 Å². The fourth-order valence-corrected chi connectivity index (χ4v) is 5.15. The van der Waals surface area contributed by atoms with E-state index in [0.29, 0.717) is 18.4 Å². The van der Waals surface area contributed by atoms with Gasteiger partial charge in [0.05, 0.1) is 0 Å². The molecule has 4 N–H and O–H groups in total. The third kappa shape index (κ3) is 2.21. The first-order valence-electron chi connectivity index (χ1n) is 9.01. The minimum atomic E-state index is -1.65. The van der Waals surface area contributed by atoms with E-state index < -0.39 is 40.4 Å². The number of hydrogen-bond donors (Lipinski definition) is 4. The number of carbonyl (C=O) groups excluding carboxylic acids is 1. The van der Waals surface area contributed by atoms with Crippen molar-refractivity contribution in [2.45, 2.75) is 64.4 Å². The van der Waals surface area contributed by atoms with Crippen LogP contribution < -0.4 is 0 Å². The number of benzene rings is 1. The van der Waals surface area contributed by atoms with Crippen LogP contribution in [0.15, 0.2) is 6.07 Å². The molecule has 2 aliphatic rings. The topological polar surface area (TPSA) is 115 Å². The quantitative estimate of drug-likeness (QED) is 0.601. The van der Waals surface area contributed by atoms with E-state index in [0.717, 1.165) is 0 Å². The Morgan fingerprint density at radius 2 is 1.81 bits per heavy atom. The lowest BCUT2D eigenvalue weighted by Crippen LogP contribution is -2.59. The van der Waals surface area contributed by atoms with Gasteiger partial charge in [0.25, 0.3) is 0 Å². The molecule has 1 saturated carbocycles. The average Bonchev–Trinajstić information content (AvgIpc) is 2.53. The second-order valence-corrected chi connectivity index (χ2v) is 8.64. The Balaban J connectivity index is 2.44. The van der Waals surface area contributed by atoms with E-state index in [1.807, 2.05) is 13.8 Å². The molecular weight excluding hydrogens is 336 g/mol. The predicted octanol–water partition coefficient (Wildman–Crippen LogP) is 2.99. The first-order chi connectivity index (χ1) is 12.0. The standard InChI is InChI=1S/C20H26O6/c1-9(2)10-8-11-12(15(23)13(10)21)20(18(25)26)7-5-6-19(3,4)17(20)16(24)14(11)22/h8-9,14,17,21-23H,5-7H2,1-4H3,(H,25,26). The van der Waals surface area contributed by atoms with Crippen molar-refractivity contribution in [1.29, 1.82) is 0 Å². The molecule has 0 saturated heterocycles. The summed E-state index contributed by atoms with van der Waals surface area (Å²) in [6.07, 6.45) is -0.110. The highest BCUT2D eigenvalue weighted by Crippen LogP contribution is 2.61. The fourth-order valence-electron chi connectivity index (χ4n) is 5.15. The van der Waals surface area contributed by atoms with Gasteiger partial charge in [0, 0.05) is 17.0 Å². The average molecular weight is 362 g/mol. The number of phenolic OH excluding ortho intramolecular Hbond substituents is 2. The Labute approximate surface area is 152 Å². The zero-order valence-corrected chi connectivity index (χ0v) is 15.5. The summed E-state index contributed by atoms with van der Waals surface area (Å²) < 4.78 is 0. The smallest absolute Gasteiger partial charge is 0.315 e. The van der Waals surface area contributed by atoms with Crippen molar-refractivity contribution in [3.8, 4) is 11.5 Å². The summed E-state index contributed by atoms with van der Waals surface area (Å²) in [5, 5.41) is 42.1. The number of Topliss-reactive ketones (excluding diaryl/α,β-unsaturated/α-hetero) is 1. The van der Waals surface area contributed by atoms with Gasteiger partial charge in [-0.3, -0.25) is 9.59 Å². The number of hydrogen-bond acceptors (Lipinski definition) is 5. The zero-order valence-electron chi connectivity index (χ0n) is 15.5. The number of aliphatic carboxylic acids is 1. The van der Waals surface area contributed by atoms with Gasteiger partial charge in [-0.2, -0.15) is 0 Å². The molecule has 3 atom stereocenters.